The summed E-state index contributed by atoms with van der Waals surface area (Å²) in [5, 5.41) is 4.60. The van der Waals surface area contributed by atoms with E-state index in [0.717, 1.165) is 36.2 Å². The van der Waals surface area contributed by atoms with E-state index >= 15 is 0 Å². The number of aryl methyl sites for hydroxylation is 1. The van der Waals surface area contributed by atoms with Crippen LogP contribution < -0.4 is 10.5 Å². The molecule has 2 aromatic rings. The molecule has 3 rings (SSSR count). The van der Waals surface area contributed by atoms with E-state index in [1.807, 2.05) is 6.07 Å². The van der Waals surface area contributed by atoms with Gasteiger partial charge in [0.1, 0.15) is 11.1 Å². The zero-order valence-corrected chi connectivity index (χ0v) is 8.54. The Morgan fingerprint density at radius 2 is 2.40 bits per heavy atom. The van der Waals surface area contributed by atoms with E-state index in [1.54, 1.807) is 0 Å². The smallest absolute Gasteiger partial charge is 0.178 e. The molecule has 1 aliphatic heterocycles. The lowest BCUT2D eigenvalue weighted by molar-refractivity contribution is 0.360. The van der Waals surface area contributed by atoms with Crippen LogP contribution in [0.4, 0.5) is 5.82 Å². The van der Waals surface area contributed by atoms with Crippen LogP contribution in [0.5, 0.6) is 5.75 Å². The molecule has 0 unspecified atom stereocenters. The molecule has 4 heteroatoms. The van der Waals surface area contributed by atoms with Crippen molar-refractivity contribution in [3.8, 4) is 5.75 Å². The van der Waals surface area contributed by atoms with Gasteiger partial charge in [-0.1, -0.05) is 12.1 Å². The van der Waals surface area contributed by atoms with Crippen LogP contribution in [0, 0.1) is 0 Å². The summed E-state index contributed by atoms with van der Waals surface area (Å²) in [4.78, 5) is 0. The molecule has 0 fully saturated rings. The molecule has 0 radical (unpaired) electrons. The summed E-state index contributed by atoms with van der Waals surface area (Å²) in [7, 11) is 0. The summed E-state index contributed by atoms with van der Waals surface area (Å²) >= 11 is 0. The van der Waals surface area contributed by atoms with E-state index in [2.05, 4.69) is 12.1 Å². The molecule has 0 aliphatic carbocycles. The highest BCUT2D eigenvalue weighted by molar-refractivity contribution is 5.95. The lowest BCUT2D eigenvalue weighted by Crippen LogP contribution is -1.90. The number of hydrogen-bond acceptors (Lipinski definition) is 4. The van der Waals surface area contributed by atoms with Crippen molar-refractivity contribution in [2.45, 2.75) is 19.8 Å². The molecule has 0 bridgehead atoms. The Morgan fingerprint density at radius 3 is 3.20 bits per heavy atom. The van der Waals surface area contributed by atoms with Gasteiger partial charge < -0.3 is 15.0 Å². The zero-order chi connectivity index (χ0) is 10.4. The van der Waals surface area contributed by atoms with Crippen molar-refractivity contribution in [3.05, 3.63) is 17.2 Å². The van der Waals surface area contributed by atoms with Gasteiger partial charge in [0.25, 0.3) is 0 Å². The second-order valence-electron chi connectivity index (χ2n) is 3.74. The van der Waals surface area contributed by atoms with Crippen molar-refractivity contribution in [3.63, 3.8) is 0 Å². The third kappa shape index (κ3) is 1.04. The number of rotatable bonds is 1. The minimum Gasteiger partial charge on any atom is -0.492 e. The first-order valence-corrected chi connectivity index (χ1v) is 5.13. The second-order valence-corrected chi connectivity index (χ2v) is 3.74. The Balaban J connectivity index is 2.42. The van der Waals surface area contributed by atoms with Crippen molar-refractivity contribution in [2.75, 3.05) is 12.3 Å². The van der Waals surface area contributed by atoms with Gasteiger partial charge in [-0.3, -0.25) is 0 Å². The molecule has 0 amide bonds. The number of ether oxygens (including phenoxy) is 1. The highest BCUT2D eigenvalue weighted by atomic mass is 16.5. The van der Waals surface area contributed by atoms with Gasteiger partial charge in [0.2, 0.25) is 0 Å². The van der Waals surface area contributed by atoms with Gasteiger partial charge in [-0.25, -0.2) is 0 Å². The normalized spacial score (nSPS) is 14.2. The van der Waals surface area contributed by atoms with Gasteiger partial charge >= 0.3 is 0 Å². The van der Waals surface area contributed by atoms with Crippen LogP contribution in [0.3, 0.4) is 0 Å². The van der Waals surface area contributed by atoms with E-state index in [4.69, 9.17) is 15.0 Å². The fourth-order valence-electron chi connectivity index (χ4n) is 2.19. The first-order chi connectivity index (χ1) is 7.31. The molecule has 0 saturated heterocycles. The van der Waals surface area contributed by atoms with Crippen LogP contribution in [-0.4, -0.2) is 11.8 Å². The molecule has 0 spiro atoms. The molecule has 1 aromatic carbocycles. The highest BCUT2D eigenvalue weighted by Gasteiger charge is 2.23. The zero-order valence-electron chi connectivity index (χ0n) is 8.54. The molecular weight excluding hydrogens is 192 g/mol. The molecule has 1 aliphatic rings. The number of nitrogen functional groups attached to an aromatic ring is 1. The lowest BCUT2D eigenvalue weighted by Gasteiger charge is -2.05. The lowest BCUT2D eigenvalue weighted by atomic mass is 10.0. The van der Waals surface area contributed by atoms with Crippen LogP contribution in [-0.2, 0) is 12.8 Å². The van der Waals surface area contributed by atoms with Crippen LogP contribution in [0.15, 0.2) is 10.6 Å². The third-order valence-electron chi connectivity index (χ3n) is 2.92. The minimum atomic E-state index is 0.422. The predicted molar refractivity (Wildman–Crippen MR) is 57.0 cm³/mol. The average molecular weight is 204 g/mol. The van der Waals surface area contributed by atoms with Gasteiger partial charge in [-0.15, -0.1) is 0 Å². The quantitative estimate of drug-likeness (QED) is 0.770. The van der Waals surface area contributed by atoms with Gasteiger partial charge in [-0.2, -0.15) is 0 Å². The maximum absolute atomic E-state index is 5.76. The first-order valence-electron chi connectivity index (χ1n) is 5.13. The van der Waals surface area contributed by atoms with Gasteiger partial charge in [0.05, 0.1) is 6.61 Å². The first kappa shape index (κ1) is 8.59. The summed E-state index contributed by atoms with van der Waals surface area (Å²) in [5.74, 6) is 1.30. The summed E-state index contributed by atoms with van der Waals surface area (Å²) in [5.41, 5.74) is 9.02. The van der Waals surface area contributed by atoms with Gasteiger partial charge in [0.15, 0.2) is 11.4 Å². The third-order valence-corrected chi connectivity index (χ3v) is 2.92. The van der Waals surface area contributed by atoms with Crippen LogP contribution >= 0.6 is 0 Å². The average Bonchev–Trinajstić information content (AvgIpc) is 2.83. The molecule has 2 N–H and O–H groups in total. The predicted octanol–water partition coefficient (Wildman–Crippen LogP) is 1.91. The number of nitrogens with zero attached hydrogens (tertiary/aromatic N) is 1. The molecule has 78 valence electrons. The Hall–Kier alpha value is -1.71. The van der Waals surface area contributed by atoms with Crippen molar-refractivity contribution in [1.82, 2.24) is 5.16 Å². The van der Waals surface area contributed by atoms with Crippen LogP contribution in [0.25, 0.3) is 11.0 Å². The van der Waals surface area contributed by atoms with E-state index < -0.39 is 0 Å². The topological polar surface area (TPSA) is 61.3 Å². The SMILES string of the molecule is CCc1cc2onc(N)c2c2c1CCO2. The fourth-order valence-corrected chi connectivity index (χ4v) is 2.19. The molecular formula is C11H12N2O2. The second kappa shape index (κ2) is 2.89. The summed E-state index contributed by atoms with van der Waals surface area (Å²) in [6, 6.07) is 2.02. The van der Waals surface area contributed by atoms with Crippen molar-refractivity contribution in [2.24, 2.45) is 0 Å². The van der Waals surface area contributed by atoms with Crippen molar-refractivity contribution < 1.29 is 9.26 Å². The van der Waals surface area contributed by atoms with Crippen LogP contribution in [0.2, 0.25) is 0 Å². The maximum Gasteiger partial charge on any atom is 0.178 e. The monoisotopic (exact) mass is 204 g/mol. The van der Waals surface area contributed by atoms with Gasteiger partial charge in [0, 0.05) is 12.0 Å². The molecule has 0 saturated carbocycles. The number of aromatic nitrogens is 1. The Bertz CT molecular complexity index is 531. The summed E-state index contributed by atoms with van der Waals surface area (Å²) in [6.07, 6.45) is 1.93. The van der Waals surface area contributed by atoms with E-state index in [0.29, 0.717) is 5.82 Å². The largest absolute Gasteiger partial charge is 0.492 e. The Kier molecular flexibility index (Phi) is 1.65. The molecule has 15 heavy (non-hydrogen) atoms. The van der Waals surface area contributed by atoms with E-state index in [1.165, 1.54) is 11.1 Å². The van der Waals surface area contributed by atoms with Gasteiger partial charge in [-0.05, 0) is 18.1 Å². The standard InChI is InChI=1S/C11H12N2O2/c1-2-6-5-8-9(11(12)13-15-8)10-7(6)3-4-14-10/h5H,2-4H2,1H3,(H2,12,13). The van der Waals surface area contributed by atoms with Crippen molar-refractivity contribution in [1.29, 1.82) is 0 Å². The number of benzene rings is 1. The Morgan fingerprint density at radius 1 is 1.53 bits per heavy atom. The molecule has 1 aromatic heterocycles. The number of anilines is 1. The number of hydrogen-bond donors (Lipinski definition) is 1. The Labute approximate surface area is 87.0 Å². The maximum atomic E-state index is 5.76. The van der Waals surface area contributed by atoms with E-state index in [-0.39, 0.29) is 0 Å². The number of nitrogens with two attached hydrogens (primary N) is 1. The molecule has 0 atom stereocenters. The molecule has 4 nitrogen and oxygen atoms in total. The highest BCUT2D eigenvalue weighted by Crippen LogP contribution is 2.39. The fraction of sp³-hybridized carbons (Fsp3) is 0.364. The van der Waals surface area contributed by atoms with Crippen LogP contribution in [0.1, 0.15) is 18.1 Å². The summed E-state index contributed by atoms with van der Waals surface area (Å²) in [6.45, 7) is 2.85. The number of fused-ring (bicyclic) bond motifs is 3. The minimum absolute atomic E-state index is 0.422. The molecule has 2 heterocycles. The summed E-state index contributed by atoms with van der Waals surface area (Å²) < 4.78 is 10.8. The van der Waals surface area contributed by atoms with Crippen molar-refractivity contribution >= 4 is 16.8 Å². The van der Waals surface area contributed by atoms with E-state index in [9.17, 15) is 0 Å².